The standard InChI is InChI=1S/C17H21N3/c1-2-14(13-18-16-6-7-16)12-15-4-8-17(9-5-15)20-11-3-10-19-20/h3-5,8-12,16,18H,2,6-7,13H2,1H3. The van der Waals surface area contributed by atoms with Crippen LogP contribution in [-0.2, 0) is 0 Å². The molecule has 0 atom stereocenters. The maximum atomic E-state index is 4.24. The average molecular weight is 267 g/mol. The van der Waals surface area contributed by atoms with Crippen molar-refractivity contribution >= 4 is 6.08 Å². The smallest absolute Gasteiger partial charge is 0.0645 e. The number of aromatic nitrogens is 2. The van der Waals surface area contributed by atoms with E-state index in [1.54, 1.807) is 6.20 Å². The Morgan fingerprint density at radius 3 is 2.75 bits per heavy atom. The zero-order chi connectivity index (χ0) is 13.8. The Hall–Kier alpha value is -1.87. The molecule has 0 bridgehead atoms. The van der Waals surface area contributed by atoms with Gasteiger partial charge in [0.05, 0.1) is 5.69 Å². The molecular formula is C17H21N3. The summed E-state index contributed by atoms with van der Waals surface area (Å²) in [6.45, 7) is 3.24. The molecule has 1 aliphatic rings. The molecule has 3 nitrogen and oxygen atoms in total. The first kappa shape index (κ1) is 13.1. The fourth-order valence-corrected chi connectivity index (χ4v) is 2.22. The third kappa shape index (κ3) is 3.36. The SMILES string of the molecule is CCC(=Cc1ccc(-n2cccn2)cc1)CNC1CC1. The second kappa shape index (κ2) is 6.06. The van der Waals surface area contributed by atoms with Crippen LogP contribution in [0, 0.1) is 0 Å². The van der Waals surface area contributed by atoms with Crippen LogP contribution in [0.15, 0.2) is 48.3 Å². The van der Waals surface area contributed by atoms with E-state index in [9.17, 15) is 0 Å². The molecule has 3 heteroatoms. The van der Waals surface area contributed by atoms with Gasteiger partial charge in [0.25, 0.3) is 0 Å². The predicted molar refractivity (Wildman–Crippen MR) is 82.9 cm³/mol. The normalized spacial score (nSPS) is 15.6. The van der Waals surface area contributed by atoms with Gasteiger partial charge >= 0.3 is 0 Å². The lowest BCUT2D eigenvalue weighted by molar-refractivity contribution is 0.723. The van der Waals surface area contributed by atoms with Crippen LogP contribution in [0.5, 0.6) is 0 Å². The van der Waals surface area contributed by atoms with Crippen LogP contribution in [0.1, 0.15) is 31.7 Å². The van der Waals surface area contributed by atoms with Gasteiger partial charge in [-0.15, -0.1) is 0 Å². The third-order valence-electron chi connectivity index (χ3n) is 3.68. The molecule has 0 radical (unpaired) electrons. The summed E-state index contributed by atoms with van der Waals surface area (Å²) in [5, 5.41) is 7.82. The molecule has 0 unspecified atom stereocenters. The molecule has 0 aliphatic heterocycles. The van der Waals surface area contributed by atoms with Gasteiger partial charge in [0.1, 0.15) is 0 Å². The molecular weight excluding hydrogens is 246 g/mol. The van der Waals surface area contributed by atoms with Crippen LogP contribution < -0.4 is 5.32 Å². The zero-order valence-electron chi connectivity index (χ0n) is 11.9. The van der Waals surface area contributed by atoms with E-state index >= 15 is 0 Å². The molecule has 0 saturated heterocycles. The number of rotatable bonds is 6. The highest BCUT2D eigenvalue weighted by molar-refractivity contribution is 5.55. The minimum atomic E-state index is 0.771. The van der Waals surface area contributed by atoms with Gasteiger partial charge in [0.15, 0.2) is 0 Å². The monoisotopic (exact) mass is 267 g/mol. The topological polar surface area (TPSA) is 29.9 Å². The van der Waals surface area contributed by atoms with E-state index < -0.39 is 0 Å². The van der Waals surface area contributed by atoms with E-state index in [1.807, 2.05) is 16.9 Å². The van der Waals surface area contributed by atoms with Gasteiger partial charge in [-0.25, -0.2) is 4.68 Å². The molecule has 1 aliphatic carbocycles. The van der Waals surface area contributed by atoms with E-state index in [1.165, 1.54) is 24.0 Å². The van der Waals surface area contributed by atoms with Crippen molar-refractivity contribution in [2.75, 3.05) is 6.54 Å². The van der Waals surface area contributed by atoms with Crippen LogP contribution in [0.3, 0.4) is 0 Å². The summed E-state index contributed by atoms with van der Waals surface area (Å²) < 4.78 is 1.88. The highest BCUT2D eigenvalue weighted by atomic mass is 15.3. The Morgan fingerprint density at radius 2 is 2.15 bits per heavy atom. The predicted octanol–water partition coefficient (Wildman–Crippen LogP) is 3.42. The summed E-state index contributed by atoms with van der Waals surface area (Å²) in [5.74, 6) is 0. The summed E-state index contributed by atoms with van der Waals surface area (Å²) in [6, 6.07) is 11.2. The first-order chi connectivity index (χ1) is 9.85. The highest BCUT2D eigenvalue weighted by Gasteiger charge is 2.19. The second-order valence-corrected chi connectivity index (χ2v) is 5.35. The fraction of sp³-hybridized carbons (Fsp3) is 0.353. The maximum Gasteiger partial charge on any atom is 0.0645 e. The summed E-state index contributed by atoms with van der Waals surface area (Å²) in [4.78, 5) is 0. The average Bonchev–Trinajstić information content (AvgIpc) is 3.16. The Balaban J connectivity index is 1.69. The van der Waals surface area contributed by atoms with Crippen molar-refractivity contribution in [3.63, 3.8) is 0 Å². The van der Waals surface area contributed by atoms with E-state index in [0.29, 0.717) is 0 Å². The summed E-state index contributed by atoms with van der Waals surface area (Å²) in [6.07, 6.45) is 9.84. The van der Waals surface area contributed by atoms with Crippen LogP contribution >= 0.6 is 0 Å². The van der Waals surface area contributed by atoms with Crippen molar-refractivity contribution in [3.8, 4) is 5.69 Å². The largest absolute Gasteiger partial charge is 0.310 e. The van der Waals surface area contributed by atoms with Gasteiger partial charge < -0.3 is 5.32 Å². The number of hydrogen-bond acceptors (Lipinski definition) is 2. The number of benzene rings is 1. The highest BCUT2D eigenvalue weighted by Crippen LogP contribution is 2.19. The first-order valence-electron chi connectivity index (χ1n) is 7.38. The molecule has 1 N–H and O–H groups in total. The molecule has 20 heavy (non-hydrogen) atoms. The quantitative estimate of drug-likeness (QED) is 0.869. The Bertz CT molecular complexity index is 563. The lowest BCUT2D eigenvalue weighted by Gasteiger charge is -2.07. The van der Waals surface area contributed by atoms with Crippen molar-refractivity contribution in [2.45, 2.75) is 32.2 Å². The molecule has 1 heterocycles. The Labute approximate surface area is 120 Å². The number of nitrogens with zero attached hydrogens (tertiary/aromatic N) is 2. The van der Waals surface area contributed by atoms with Crippen molar-refractivity contribution < 1.29 is 0 Å². The molecule has 1 fully saturated rings. The number of hydrogen-bond donors (Lipinski definition) is 1. The fourth-order valence-electron chi connectivity index (χ4n) is 2.22. The van der Waals surface area contributed by atoms with Crippen molar-refractivity contribution in [2.24, 2.45) is 0 Å². The first-order valence-corrected chi connectivity index (χ1v) is 7.38. The van der Waals surface area contributed by atoms with Crippen LogP contribution in [-0.4, -0.2) is 22.4 Å². The van der Waals surface area contributed by atoms with Gasteiger partial charge in [0.2, 0.25) is 0 Å². The molecule has 1 aromatic carbocycles. The zero-order valence-corrected chi connectivity index (χ0v) is 11.9. The van der Waals surface area contributed by atoms with Crippen molar-refractivity contribution in [3.05, 3.63) is 53.9 Å². The molecule has 3 rings (SSSR count). The molecule has 0 amide bonds. The molecule has 2 aromatic rings. The van der Waals surface area contributed by atoms with E-state index in [4.69, 9.17) is 0 Å². The summed E-state index contributed by atoms with van der Waals surface area (Å²) in [7, 11) is 0. The lowest BCUT2D eigenvalue weighted by atomic mass is 10.1. The van der Waals surface area contributed by atoms with Gasteiger partial charge in [-0.2, -0.15) is 5.10 Å². The minimum absolute atomic E-state index is 0.771. The Morgan fingerprint density at radius 1 is 1.35 bits per heavy atom. The van der Waals surface area contributed by atoms with Crippen molar-refractivity contribution in [1.29, 1.82) is 0 Å². The van der Waals surface area contributed by atoms with Gasteiger partial charge in [-0.1, -0.05) is 30.7 Å². The molecule has 0 spiro atoms. The van der Waals surface area contributed by atoms with Crippen LogP contribution in [0.25, 0.3) is 11.8 Å². The maximum absolute atomic E-state index is 4.24. The molecule has 1 saturated carbocycles. The molecule has 104 valence electrons. The van der Waals surface area contributed by atoms with E-state index in [2.05, 4.69) is 47.7 Å². The molecule has 1 aromatic heterocycles. The van der Waals surface area contributed by atoms with Gasteiger partial charge in [-0.05, 0) is 43.0 Å². The summed E-state index contributed by atoms with van der Waals surface area (Å²) >= 11 is 0. The van der Waals surface area contributed by atoms with Crippen molar-refractivity contribution in [1.82, 2.24) is 15.1 Å². The third-order valence-corrected chi connectivity index (χ3v) is 3.68. The Kier molecular flexibility index (Phi) is 3.97. The second-order valence-electron chi connectivity index (χ2n) is 5.35. The van der Waals surface area contributed by atoms with Crippen LogP contribution in [0.4, 0.5) is 0 Å². The van der Waals surface area contributed by atoms with Gasteiger partial charge in [-0.3, -0.25) is 0 Å². The van der Waals surface area contributed by atoms with Crippen LogP contribution in [0.2, 0.25) is 0 Å². The van der Waals surface area contributed by atoms with E-state index in [-0.39, 0.29) is 0 Å². The van der Waals surface area contributed by atoms with E-state index in [0.717, 1.165) is 24.7 Å². The minimum Gasteiger partial charge on any atom is -0.310 e. The summed E-state index contributed by atoms with van der Waals surface area (Å²) in [5.41, 5.74) is 3.82. The lowest BCUT2D eigenvalue weighted by Crippen LogP contribution is -2.18. The number of nitrogens with one attached hydrogen (secondary N) is 1. The van der Waals surface area contributed by atoms with Gasteiger partial charge in [0, 0.05) is 25.0 Å².